The second-order valence-electron chi connectivity index (χ2n) is 4.28. The zero-order chi connectivity index (χ0) is 14.1. The number of halogens is 2. The summed E-state index contributed by atoms with van der Waals surface area (Å²) >= 11 is 5.96. The largest absolute Gasteiger partial charge is 0.486 e. The highest BCUT2D eigenvalue weighted by atomic mass is 35.5. The molecule has 102 valence electrons. The molecule has 0 saturated carbocycles. The molecule has 0 fully saturated rings. The Kier molecular flexibility index (Phi) is 3.32. The fraction of sp³-hybridized carbons (Fsp3) is 0.133. The van der Waals surface area contributed by atoms with E-state index in [4.69, 9.17) is 21.1 Å². The molecule has 0 spiro atoms. The van der Waals surface area contributed by atoms with Crippen LogP contribution in [0.25, 0.3) is 0 Å². The van der Waals surface area contributed by atoms with Crippen LogP contribution in [-0.4, -0.2) is 19.0 Å². The predicted molar refractivity (Wildman–Crippen MR) is 72.3 cm³/mol. The monoisotopic (exact) mass is 292 g/mol. The second-order valence-corrected chi connectivity index (χ2v) is 4.69. The Balaban J connectivity index is 2.09. The van der Waals surface area contributed by atoms with Crippen LogP contribution in [0.2, 0.25) is 5.02 Å². The first-order valence-corrected chi connectivity index (χ1v) is 6.43. The summed E-state index contributed by atoms with van der Waals surface area (Å²) in [5, 5.41) is 0.200. The number of ether oxygens (including phenoxy) is 2. The number of para-hydroxylation sites is 1. The smallest absolute Gasteiger partial charge is 0.198 e. The fourth-order valence-corrected chi connectivity index (χ4v) is 2.27. The average molecular weight is 293 g/mol. The number of ketones is 1. The molecule has 3 nitrogen and oxygen atoms in total. The first-order valence-electron chi connectivity index (χ1n) is 6.05. The Morgan fingerprint density at radius 1 is 1.10 bits per heavy atom. The van der Waals surface area contributed by atoms with E-state index in [9.17, 15) is 9.18 Å². The SMILES string of the molecule is O=C(c1cc(F)ccc1Cl)c1cccc2c1OCCO2. The Bertz CT molecular complexity index is 685. The van der Waals surface area contributed by atoms with Gasteiger partial charge in [0.1, 0.15) is 19.0 Å². The summed E-state index contributed by atoms with van der Waals surface area (Å²) in [6.07, 6.45) is 0. The van der Waals surface area contributed by atoms with Crippen LogP contribution in [0.3, 0.4) is 0 Å². The van der Waals surface area contributed by atoms with Gasteiger partial charge in [-0.1, -0.05) is 17.7 Å². The number of hydrogen-bond donors (Lipinski definition) is 0. The van der Waals surface area contributed by atoms with Gasteiger partial charge in [0.15, 0.2) is 17.3 Å². The van der Waals surface area contributed by atoms with E-state index in [0.717, 1.165) is 6.07 Å². The molecule has 5 heteroatoms. The summed E-state index contributed by atoms with van der Waals surface area (Å²) < 4.78 is 24.2. The Labute approximate surface area is 119 Å². The van der Waals surface area contributed by atoms with E-state index in [1.165, 1.54) is 12.1 Å². The second kappa shape index (κ2) is 5.13. The molecule has 3 rings (SSSR count). The molecular formula is C15H10ClFO3. The van der Waals surface area contributed by atoms with Crippen LogP contribution in [0.15, 0.2) is 36.4 Å². The molecule has 0 aromatic heterocycles. The molecule has 2 aromatic rings. The first kappa shape index (κ1) is 12.9. The molecule has 0 saturated heterocycles. The maximum atomic E-state index is 13.3. The zero-order valence-corrected chi connectivity index (χ0v) is 11.1. The first-order chi connectivity index (χ1) is 9.66. The van der Waals surface area contributed by atoms with Crippen LogP contribution >= 0.6 is 11.6 Å². The van der Waals surface area contributed by atoms with E-state index in [-0.39, 0.29) is 10.6 Å². The van der Waals surface area contributed by atoms with E-state index in [2.05, 4.69) is 0 Å². The highest BCUT2D eigenvalue weighted by Gasteiger charge is 2.23. The Morgan fingerprint density at radius 3 is 2.75 bits per heavy atom. The highest BCUT2D eigenvalue weighted by molar-refractivity contribution is 6.35. The van der Waals surface area contributed by atoms with E-state index in [1.54, 1.807) is 18.2 Å². The van der Waals surface area contributed by atoms with Crippen LogP contribution in [0.1, 0.15) is 15.9 Å². The maximum absolute atomic E-state index is 13.3. The zero-order valence-electron chi connectivity index (χ0n) is 10.4. The molecule has 0 aliphatic carbocycles. The minimum Gasteiger partial charge on any atom is -0.486 e. The molecule has 0 atom stereocenters. The van der Waals surface area contributed by atoms with Crippen molar-refractivity contribution in [3.05, 3.63) is 58.4 Å². The lowest BCUT2D eigenvalue weighted by Gasteiger charge is -2.20. The van der Waals surface area contributed by atoms with Gasteiger partial charge >= 0.3 is 0 Å². The number of carbonyl (C=O) groups excluding carboxylic acids is 1. The molecule has 1 aliphatic rings. The molecule has 1 heterocycles. The maximum Gasteiger partial charge on any atom is 0.198 e. The molecule has 0 N–H and O–H groups in total. The summed E-state index contributed by atoms with van der Waals surface area (Å²) in [6.45, 7) is 0.805. The van der Waals surface area contributed by atoms with Crippen LogP contribution in [0, 0.1) is 5.82 Å². The summed E-state index contributed by atoms with van der Waals surface area (Å²) in [6, 6.07) is 8.70. The standard InChI is InChI=1S/C15H10ClFO3/c16-12-5-4-9(17)8-11(12)14(18)10-2-1-3-13-15(10)20-7-6-19-13/h1-5,8H,6-7H2. The lowest BCUT2D eigenvalue weighted by molar-refractivity contribution is 0.102. The van der Waals surface area contributed by atoms with Crippen molar-refractivity contribution in [3.8, 4) is 11.5 Å². The molecule has 2 aromatic carbocycles. The number of benzene rings is 2. The lowest BCUT2D eigenvalue weighted by atomic mass is 10.0. The number of rotatable bonds is 2. The molecule has 20 heavy (non-hydrogen) atoms. The van der Waals surface area contributed by atoms with Crippen molar-refractivity contribution in [1.29, 1.82) is 0 Å². The molecule has 0 radical (unpaired) electrons. The van der Waals surface area contributed by atoms with Gasteiger partial charge in [-0.15, -0.1) is 0 Å². The van der Waals surface area contributed by atoms with Crippen molar-refractivity contribution in [2.75, 3.05) is 13.2 Å². The lowest BCUT2D eigenvalue weighted by Crippen LogP contribution is -2.18. The summed E-state index contributed by atoms with van der Waals surface area (Å²) in [5.41, 5.74) is 0.420. The predicted octanol–water partition coefficient (Wildman–Crippen LogP) is 3.48. The molecule has 1 aliphatic heterocycles. The number of fused-ring (bicyclic) bond motifs is 1. The average Bonchev–Trinajstić information content (AvgIpc) is 2.48. The molecule has 0 bridgehead atoms. The van der Waals surface area contributed by atoms with E-state index < -0.39 is 11.6 Å². The minimum atomic E-state index is -0.514. The van der Waals surface area contributed by atoms with Crippen molar-refractivity contribution < 1.29 is 18.7 Å². The highest BCUT2D eigenvalue weighted by Crippen LogP contribution is 2.35. The number of hydrogen-bond acceptors (Lipinski definition) is 3. The van der Waals surface area contributed by atoms with Gasteiger partial charge in [0.25, 0.3) is 0 Å². The normalized spacial score (nSPS) is 13.1. The fourth-order valence-electron chi connectivity index (χ4n) is 2.07. The van der Waals surface area contributed by atoms with Gasteiger partial charge in [-0.05, 0) is 30.3 Å². The van der Waals surface area contributed by atoms with Crippen molar-refractivity contribution in [1.82, 2.24) is 0 Å². The van der Waals surface area contributed by atoms with E-state index >= 15 is 0 Å². The quantitative estimate of drug-likeness (QED) is 0.795. The minimum absolute atomic E-state index is 0.106. The summed E-state index contributed by atoms with van der Waals surface area (Å²) in [7, 11) is 0. The van der Waals surface area contributed by atoms with Crippen molar-refractivity contribution in [3.63, 3.8) is 0 Å². The number of carbonyl (C=O) groups is 1. The Hall–Kier alpha value is -2.07. The van der Waals surface area contributed by atoms with Crippen LogP contribution in [0.5, 0.6) is 11.5 Å². The van der Waals surface area contributed by atoms with Crippen LogP contribution in [0.4, 0.5) is 4.39 Å². The van der Waals surface area contributed by atoms with Crippen LogP contribution < -0.4 is 9.47 Å². The van der Waals surface area contributed by atoms with Crippen molar-refractivity contribution in [2.45, 2.75) is 0 Å². The van der Waals surface area contributed by atoms with Gasteiger partial charge in [-0.3, -0.25) is 4.79 Å². The molecular weight excluding hydrogens is 283 g/mol. The third-order valence-electron chi connectivity index (χ3n) is 2.98. The molecule has 0 amide bonds. The van der Waals surface area contributed by atoms with E-state index in [0.29, 0.717) is 30.3 Å². The topological polar surface area (TPSA) is 35.5 Å². The van der Waals surface area contributed by atoms with Gasteiger partial charge < -0.3 is 9.47 Å². The molecule has 0 unspecified atom stereocenters. The van der Waals surface area contributed by atoms with Crippen molar-refractivity contribution in [2.24, 2.45) is 0 Å². The van der Waals surface area contributed by atoms with Crippen molar-refractivity contribution >= 4 is 17.4 Å². The van der Waals surface area contributed by atoms with Crippen LogP contribution in [-0.2, 0) is 0 Å². The van der Waals surface area contributed by atoms with Gasteiger partial charge in [0, 0.05) is 5.56 Å². The Morgan fingerprint density at radius 2 is 1.90 bits per heavy atom. The third-order valence-corrected chi connectivity index (χ3v) is 3.31. The van der Waals surface area contributed by atoms with Gasteiger partial charge in [0.2, 0.25) is 0 Å². The summed E-state index contributed by atoms with van der Waals surface area (Å²) in [5.74, 6) is -0.0183. The third kappa shape index (κ3) is 2.23. The van der Waals surface area contributed by atoms with Gasteiger partial charge in [-0.2, -0.15) is 0 Å². The summed E-state index contributed by atoms with van der Waals surface area (Å²) in [4.78, 5) is 12.5. The van der Waals surface area contributed by atoms with Gasteiger partial charge in [-0.25, -0.2) is 4.39 Å². The van der Waals surface area contributed by atoms with Gasteiger partial charge in [0.05, 0.1) is 10.6 Å². The van der Waals surface area contributed by atoms with E-state index in [1.807, 2.05) is 0 Å².